The van der Waals surface area contributed by atoms with E-state index in [1.807, 2.05) is 12.1 Å². The lowest BCUT2D eigenvalue weighted by molar-refractivity contribution is -0.135. The molecule has 0 aliphatic carbocycles. The van der Waals surface area contributed by atoms with E-state index in [9.17, 15) is 4.79 Å². The average Bonchev–Trinajstić information content (AvgIpc) is 3.02. The van der Waals surface area contributed by atoms with E-state index in [-0.39, 0.29) is 0 Å². The molecule has 2 saturated heterocycles. The number of hydrogen-bond donors (Lipinski definition) is 0. The van der Waals surface area contributed by atoms with Crippen LogP contribution >= 0.6 is 0 Å². The summed E-state index contributed by atoms with van der Waals surface area (Å²) in [5, 5.41) is 0. The number of rotatable bonds is 4. The molecule has 0 unspecified atom stereocenters. The minimum Gasteiger partial charge on any atom is -0.497 e. The van der Waals surface area contributed by atoms with E-state index in [1.165, 1.54) is 12.0 Å². The zero-order chi connectivity index (χ0) is 17.1. The monoisotopic (exact) mass is 330 g/mol. The van der Waals surface area contributed by atoms with Gasteiger partial charge in [0.15, 0.2) is 0 Å². The van der Waals surface area contributed by atoms with Gasteiger partial charge in [0, 0.05) is 19.1 Å². The van der Waals surface area contributed by atoms with E-state index in [1.54, 1.807) is 7.11 Å². The van der Waals surface area contributed by atoms with Crippen molar-refractivity contribution in [1.29, 1.82) is 0 Å². The third-order valence-corrected chi connectivity index (χ3v) is 5.40. The zero-order valence-electron chi connectivity index (χ0n) is 15.2. The molecule has 2 heterocycles. The smallest absolute Gasteiger partial charge is 0.236 e. The molecule has 0 N–H and O–H groups in total. The maximum atomic E-state index is 12.8. The first kappa shape index (κ1) is 17.3. The molecule has 3 rings (SSSR count). The van der Waals surface area contributed by atoms with Gasteiger partial charge in [-0.15, -0.1) is 0 Å². The molecule has 3 atom stereocenters. The van der Waals surface area contributed by atoms with Crippen molar-refractivity contribution in [2.45, 2.75) is 39.2 Å². The predicted molar refractivity (Wildman–Crippen MR) is 96.1 cm³/mol. The van der Waals surface area contributed by atoms with Crippen molar-refractivity contribution in [3.8, 4) is 5.75 Å². The van der Waals surface area contributed by atoms with Crippen LogP contribution in [0.25, 0.3) is 0 Å². The van der Waals surface area contributed by atoms with Crippen LogP contribution in [0.3, 0.4) is 0 Å². The molecule has 1 aromatic rings. The molecule has 0 aromatic heterocycles. The van der Waals surface area contributed by atoms with Crippen LogP contribution in [0.2, 0.25) is 0 Å². The summed E-state index contributed by atoms with van der Waals surface area (Å²) in [7, 11) is 1.70. The molecule has 2 aliphatic heterocycles. The first-order chi connectivity index (χ1) is 11.6. The van der Waals surface area contributed by atoms with Gasteiger partial charge < -0.3 is 9.64 Å². The highest BCUT2D eigenvalue weighted by Crippen LogP contribution is 2.33. The summed E-state index contributed by atoms with van der Waals surface area (Å²) in [5.74, 6) is 2.42. The summed E-state index contributed by atoms with van der Waals surface area (Å²) in [4.78, 5) is 17.2. The third kappa shape index (κ3) is 3.92. The van der Waals surface area contributed by atoms with Crippen LogP contribution in [-0.2, 0) is 4.79 Å². The SMILES string of the molecule is COc1cccc([C@H]2CCCN2CC(=O)N2C[C@H](C)C[C@H](C)C2)c1. The number of benzene rings is 1. The zero-order valence-corrected chi connectivity index (χ0v) is 15.2. The van der Waals surface area contributed by atoms with Crippen LogP contribution in [0.4, 0.5) is 0 Å². The number of hydrogen-bond acceptors (Lipinski definition) is 3. The van der Waals surface area contributed by atoms with Crippen molar-refractivity contribution >= 4 is 5.91 Å². The molecule has 1 amide bonds. The van der Waals surface area contributed by atoms with Crippen LogP contribution in [0, 0.1) is 11.8 Å². The standard InChI is InChI=1S/C20H30N2O2/c1-15-10-16(2)13-22(12-15)20(23)14-21-9-5-8-19(21)17-6-4-7-18(11-17)24-3/h4,6-7,11,15-16,19H,5,8-10,12-14H2,1-3H3/t15-,16+,19-/m1/s1. The van der Waals surface area contributed by atoms with Gasteiger partial charge in [0.05, 0.1) is 13.7 Å². The molecule has 0 bridgehead atoms. The van der Waals surface area contributed by atoms with Gasteiger partial charge in [-0.3, -0.25) is 9.69 Å². The van der Waals surface area contributed by atoms with Gasteiger partial charge in [0.2, 0.25) is 5.91 Å². The number of carbonyl (C=O) groups excluding carboxylic acids is 1. The van der Waals surface area contributed by atoms with Crippen LogP contribution in [0.1, 0.15) is 44.7 Å². The van der Waals surface area contributed by atoms with E-state index >= 15 is 0 Å². The Morgan fingerprint density at radius 1 is 1.25 bits per heavy atom. The normalized spacial score (nSPS) is 28.1. The maximum Gasteiger partial charge on any atom is 0.236 e. The Balaban J connectivity index is 1.66. The molecule has 4 heteroatoms. The number of nitrogens with zero attached hydrogens (tertiary/aromatic N) is 2. The summed E-state index contributed by atoms with van der Waals surface area (Å²) < 4.78 is 5.36. The second-order valence-electron chi connectivity index (χ2n) is 7.65. The lowest BCUT2D eigenvalue weighted by Crippen LogP contribution is -2.46. The van der Waals surface area contributed by atoms with E-state index in [2.05, 4.69) is 35.8 Å². The van der Waals surface area contributed by atoms with Gasteiger partial charge in [-0.05, 0) is 55.3 Å². The summed E-state index contributed by atoms with van der Waals surface area (Å²) in [6.07, 6.45) is 3.51. The number of likely N-dealkylation sites (tertiary alicyclic amines) is 2. The number of ether oxygens (including phenoxy) is 1. The first-order valence-electron chi connectivity index (χ1n) is 9.22. The van der Waals surface area contributed by atoms with E-state index in [0.29, 0.717) is 30.3 Å². The molecule has 2 aliphatic rings. The molecule has 0 saturated carbocycles. The topological polar surface area (TPSA) is 32.8 Å². The van der Waals surface area contributed by atoms with Crippen LogP contribution in [0.15, 0.2) is 24.3 Å². The first-order valence-corrected chi connectivity index (χ1v) is 9.22. The highest BCUT2D eigenvalue weighted by molar-refractivity contribution is 5.78. The van der Waals surface area contributed by atoms with Crippen molar-refractivity contribution in [2.24, 2.45) is 11.8 Å². The number of piperidine rings is 1. The highest BCUT2D eigenvalue weighted by atomic mass is 16.5. The molecule has 1 aromatic carbocycles. The Morgan fingerprint density at radius 3 is 2.71 bits per heavy atom. The minimum atomic E-state index is 0.295. The van der Waals surface area contributed by atoms with Gasteiger partial charge >= 0.3 is 0 Å². The summed E-state index contributed by atoms with van der Waals surface area (Å²) >= 11 is 0. The van der Waals surface area contributed by atoms with Crippen LogP contribution in [-0.4, -0.2) is 49.0 Å². The van der Waals surface area contributed by atoms with E-state index in [4.69, 9.17) is 4.74 Å². The van der Waals surface area contributed by atoms with Crippen molar-refractivity contribution in [3.63, 3.8) is 0 Å². The molecule has 0 spiro atoms. The molecule has 132 valence electrons. The van der Waals surface area contributed by atoms with Gasteiger partial charge in [-0.1, -0.05) is 26.0 Å². The molecule has 24 heavy (non-hydrogen) atoms. The quantitative estimate of drug-likeness (QED) is 0.849. The summed E-state index contributed by atoms with van der Waals surface area (Å²) in [5.41, 5.74) is 1.26. The second kappa shape index (κ2) is 7.56. The molecular weight excluding hydrogens is 300 g/mol. The number of methoxy groups -OCH3 is 1. The summed E-state index contributed by atoms with van der Waals surface area (Å²) in [6, 6.07) is 8.62. The number of amides is 1. The van der Waals surface area contributed by atoms with E-state index in [0.717, 1.165) is 38.2 Å². The third-order valence-electron chi connectivity index (χ3n) is 5.40. The van der Waals surface area contributed by atoms with Crippen LogP contribution < -0.4 is 4.74 Å². The van der Waals surface area contributed by atoms with Crippen molar-refractivity contribution in [2.75, 3.05) is 33.3 Å². The van der Waals surface area contributed by atoms with Crippen molar-refractivity contribution in [1.82, 2.24) is 9.80 Å². The van der Waals surface area contributed by atoms with Gasteiger partial charge in [-0.2, -0.15) is 0 Å². The molecule has 4 nitrogen and oxygen atoms in total. The Morgan fingerprint density at radius 2 is 2.00 bits per heavy atom. The lowest BCUT2D eigenvalue weighted by Gasteiger charge is -2.36. The van der Waals surface area contributed by atoms with Crippen molar-refractivity contribution < 1.29 is 9.53 Å². The highest BCUT2D eigenvalue weighted by Gasteiger charge is 2.31. The van der Waals surface area contributed by atoms with Gasteiger partial charge in [-0.25, -0.2) is 0 Å². The molecule has 0 radical (unpaired) electrons. The fraction of sp³-hybridized carbons (Fsp3) is 0.650. The van der Waals surface area contributed by atoms with E-state index < -0.39 is 0 Å². The largest absolute Gasteiger partial charge is 0.497 e. The van der Waals surface area contributed by atoms with Crippen LogP contribution in [0.5, 0.6) is 5.75 Å². The minimum absolute atomic E-state index is 0.295. The van der Waals surface area contributed by atoms with Gasteiger partial charge in [0.25, 0.3) is 0 Å². The molecular formula is C20H30N2O2. The Kier molecular flexibility index (Phi) is 5.44. The Bertz CT molecular complexity index is 565. The van der Waals surface area contributed by atoms with Gasteiger partial charge in [0.1, 0.15) is 5.75 Å². The maximum absolute atomic E-state index is 12.8. The average molecular weight is 330 g/mol. The number of carbonyl (C=O) groups is 1. The Labute approximate surface area is 145 Å². The Hall–Kier alpha value is -1.55. The predicted octanol–water partition coefficient (Wildman–Crippen LogP) is 3.34. The van der Waals surface area contributed by atoms with Crippen molar-refractivity contribution in [3.05, 3.63) is 29.8 Å². The lowest BCUT2D eigenvalue weighted by atomic mass is 9.92. The summed E-state index contributed by atoms with van der Waals surface area (Å²) in [6.45, 7) is 7.89. The fourth-order valence-corrected chi connectivity index (χ4v) is 4.38. The molecule has 2 fully saturated rings. The second-order valence-corrected chi connectivity index (χ2v) is 7.65. The fourth-order valence-electron chi connectivity index (χ4n) is 4.38.